The van der Waals surface area contributed by atoms with Gasteiger partial charge in [-0.3, -0.25) is 9.59 Å². The van der Waals surface area contributed by atoms with Gasteiger partial charge in [0.15, 0.2) is 17.1 Å². The number of fused-ring (bicyclic) bond motifs is 3. The van der Waals surface area contributed by atoms with Crippen molar-refractivity contribution in [1.29, 1.82) is 0 Å². The minimum atomic E-state index is -0.314. The molecular weight excluding hydrogens is 402 g/mol. The number of benzene rings is 3. The normalized spacial score (nSPS) is 12.8. The van der Waals surface area contributed by atoms with Gasteiger partial charge in [-0.15, -0.1) is 0 Å². The van der Waals surface area contributed by atoms with Crippen LogP contribution in [0.3, 0.4) is 0 Å². The minimum Gasteiger partial charge on any atom is -0.436 e. The summed E-state index contributed by atoms with van der Waals surface area (Å²) in [5, 5.41) is 1.83. The molecule has 0 saturated carbocycles. The van der Waals surface area contributed by atoms with Crippen molar-refractivity contribution in [3.05, 3.63) is 107 Å². The first kappa shape index (κ1) is 18.1. The van der Waals surface area contributed by atoms with Crippen molar-refractivity contribution in [2.75, 3.05) is 0 Å². The maximum Gasteiger partial charge on any atom is 0.277 e. The quantitative estimate of drug-likeness (QED) is 0.207. The molecule has 150 valence electrons. The third kappa shape index (κ3) is 2.94. The van der Waals surface area contributed by atoms with Crippen LogP contribution in [0.1, 0.15) is 37.9 Å². The van der Waals surface area contributed by atoms with E-state index in [9.17, 15) is 9.59 Å². The Labute approximate surface area is 182 Å². The van der Waals surface area contributed by atoms with Crippen LogP contribution in [0.15, 0.2) is 87.2 Å². The molecule has 1 aliphatic rings. The van der Waals surface area contributed by atoms with Crippen molar-refractivity contribution in [3.63, 3.8) is 0 Å². The van der Waals surface area contributed by atoms with Crippen LogP contribution in [0, 0.1) is 11.8 Å². The van der Waals surface area contributed by atoms with Crippen molar-refractivity contribution in [2.24, 2.45) is 0 Å². The van der Waals surface area contributed by atoms with Gasteiger partial charge in [0.2, 0.25) is 0 Å². The highest BCUT2D eigenvalue weighted by atomic mass is 16.4. The number of hydrogen-bond donors (Lipinski definition) is 0. The monoisotopic (exact) mass is 415 g/mol. The molecule has 0 unspecified atom stereocenters. The van der Waals surface area contributed by atoms with E-state index in [2.05, 4.69) is 16.8 Å². The van der Waals surface area contributed by atoms with E-state index in [1.54, 1.807) is 18.2 Å². The first-order chi connectivity index (χ1) is 15.7. The third-order valence-corrected chi connectivity index (χ3v) is 5.35. The molecule has 2 aromatic heterocycles. The van der Waals surface area contributed by atoms with E-state index in [0.29, 0.717) is 22.5 Å². The molecule has 32 heavy (non-hydrogen) atoms. The number of aromatic nitrogens is 1. The molecule has 0 radical (unpaired) electrons. The summed E-state index contributed by atoms with van der Waals surface area (Å²) in [7, 11) is 0. The highest BCUT2D eigenvalue weighted by Crippen LogP contribution is 2.32. The van der Waals surface area contributed by atoms with E-state index in [4.69, 9.17) is 8.83 Å². The van der Waals surface area contributed by atoms with Crippen molar-refractivity contribution in [1.82, 2.24) is 4.98 Å². The van der Waals surface area contributed by atoms with Gasteiger partial charge in [0.05, 0.1) is 5.57 Å². The average molecular weight is 415 g/mol. The molecular formula is C27H13NO4. The Kier molecular flexibility index (Phi) is 3.92. The van der Waals surface area contributed by atoms with E-state index >= 15 is 0 Å². The number of furan rings is 1. The molecule has 0 amide bonds. The zero-order valence-corrected chi connectivity index (χ0v) is 16.6. The van der Waals surface area contributed by atoms with Gasteiger partial charge in [0.25, 0.3) is 11.6 Å². The first-order valence-corrected chi connectivity index (χ1v) is 9.97. The lowest BCUT2D eigenvalue weighted by Crippen LogP contribution is -1.99. The molecule has 0 saturated heterocycles. The Morgan fingerprint density at radius 3 is 2.06 bits per heavy atom. The van der Waals surface area contributed by atoms with Gasteiger partial charge >= 0.3 is 0 Å². The first-order valence-electron chi connectivity index (χ1n) is 9.97. The number of carbonyl (C=O) groups excluding carboxylic acids is 2. The molecule has 0 fully saturated rings. The van der Waals surface area contributed by atoms with Crippen LogP contribution in [0.4, 0.5) is 0 Å². The second kappa shape index (κ2) is 6.93. The predicted octanol–water partition coefficient (Wildman–Crippen LogP) is 5.44. The zero-order chi connectivity index (χ0) is 21.7. The third-order valence-electron chi connectivity index (χ3n) is 5.35. The highest BCUT2D eigenvalue weighted by Gasteiger charge is 2.33. The standard InChI is InChI=1S/C27H13NO4/c29-25-20-12-17-8-4-5-9-18(17)13-21(20)26(30)22(25)14-19-15-23-27(31-19)28-24(32-23)11-10-16-6-2-1-3-7-16/h1-9,12-15H. The molecule has 6 rings (SSSR count). The Bertz CT molecular complexity index is 1570. The number of carbonyl (C=O) groups is 2. The summed E-state index contributed by atoms with van der Waals surface area (Å²) < 4.78 is 11.3. The number of Topliss-reactive ketones (excluding diaryl/α,β-unsaturated/α-hetero) is 2. The summed E-state index contributed by atoms with van der Waals surface area (Å²) in [4.78, 5) is 30.0. The maximum absolute atomic E-state index is 12.9. The smallest absolute Gasteiger partial charge is 0.277 e. The molecule has 1 aliphatic carbocycles. The molecule has 3 aromatic carbocycles. The van der Waals surface area contributed by atoms with Crippen molar-refractivity contribution >= 4 is 39.7 Å². The fourth-order valence-corrected chi connectivity index (χ4v) is 3.81. The fraction of sp³-hybridized carbons (Fsp3) is 0. The lowest BCUT2D eigenvalue weighted by Gasteiger charge is -2.00. The van der Waals surface area contributed by atoms with E-state index in [-0.39, 0.29) is 28.7 Å². The van der Waals surface area contributed by atoms with Crippen molar-refractivity contribution in [2.45, 2.75) is 0 Å². The molecule has 0 bridgehead atoms. The van der Waals surface area contributed by atoms with Crippen LogP contribution in [0.2, 0.25) is 0 Å². The molecule has 5 aromatic rings. The minimum absolute atomic E-state index is 0.0656. The maximum atomic E-state index is 12.9. The van der Waals surface area contributed by atoms with Gasteiger partial charge < -0.3 is 8.83 Å². The number of ketones is 2. The number of oxazole rings is 1. The Morgan fingerprint density at radius 1 is 0.750 bits per heavy atom. The summed E-state index contributed by atoms with van der Waals surface area (Å²) in [5.41, 5.74) is 2.39. The molecule has 0 N–H and O–H groups in total. The van der Waals surface area contributed by atoms with Gasteiger partial charge in [-0.1, -0.05) is 48.4 Å². The second-order valence-electron chi connectivity index (χ2n) is 7.41. The van der Waals surface area contributed by atoms with Crippen LogP contribution in [-0.4, -0.2) is 16.6 Å². The molecule has 2 heterocycles. The fourth-order valence-electron chi connectivity index (χ4n) is 3.81. The van der Waals surface area contributed by atoms with Crippen LogP contribution >= 0.6 is 0 Å². The molecule has 5 nitrogen and oxygen atoms in total. The lowest BCUT2D eigenvalue weighted by molar-refractivity contribution is 0.0990. The summed E-state index contributed by atoms with van der Waals surface area (Å²) >= 11 is 0. The second-order valence-corrected chi connectivity index (χ2v) is 7.41. The Hall–Kier alpha value is -4.69. The molecule has 5 heteroatoms. The van der Waals surface area contributed by atoms with Crippen LogP contribution < -0.4 is 0 Å². The topological polar surface area (TPSA) is 73.3 Å². The van der Waals surface area contributed by atoms with Crippen LogP contribution in [-0.2, 0) is 0 Å². The molecule has 0 aliphatic heterocycles. The van der Waals surface area contributed by atoms with E-state index in [0.717, 1.165) is 16.3 Å². The summed E-state index contributed by atoms with van der Waals surface area (Å²) in [6.07, 6.45) is 1.45. The largest absolute Gasteiger partial charge is 0.436 e. The lowest BCUT2D eigenvalue weighted by atomic mass is 10.0. The van der Waals surface area contributed by atoms with E-state index in [1.807, 2.05) is 54.6 Å². The molecule has 0 spiro atoms. The van der Waals surface area contributed by atoms with Crippen molar-refractivity contribution < 1.29 is 18.4 Å². The van der Waals surface area contributed by atoms with Gasteiger partial charge in [-0.2, -0.15) is 4.98 Å². The van der Waals surface area contributed by atoms with Gasteiger partial charge in [-0.25, -0.2) is 0 Å². The number of allylic oxidation sites excluding steroid dienone is 1. The van der Waals surface area contributed by atoms with Gasteiger partial charge in [0.1, 0.15) is 5.76 Å². The molecule has 0 atom stereocenters. The van der Waals surface area contributed by atoms with E-state index < -0.39 is 0 Å². The number of nitrogens with zero attached hydrogens (tertiary/aromatic N) is 1. The number of hydrogen-bond acceptors (Lipinski definition) is 5. The van der Waals surface area contributed by atoms with Crippen LogP contribution in [0.5, 0.6) is 0 Å². The summed E-state index contributed by atoms with van der Waals surface area (Å²) in [6.45, 7) is 0. The van der Waals surface area contributed by atoms with E-state index in [1.165, 1.54) is 6.08 Å². The summed E-state index contributed by atoms with van der Waals surface area (Å²) in [5.74, 6) is 5.76. The van der Waals surface area contributed by atoms with Crippen molar-refractivity contribution in [3.8, 4) is 11.8 Å². The zero-order valence-electron chi connectivity index (χ0n) is 16.6. The average Bonchev–Trinajstić information content (AvgIpc) is 3.44. The Balaban J connectivity index is 1.33. The predicted molar refractivity (Wildman–Crippen MR) is 119 cm³/mol. The Morgan fingerprint density at radius 2 is 1.41 bits per heavy atom. The number of rotatable bonds is 1. The van der Waals surface area contributed by atoms with Gasteiger partial charge in [0, 0.05) is 22.8 Å². The SMILES string of the molecule is O=C1C(=Cc2cc3oc(C#Cc4ccccc4)nc3o2)C(=O)c2cc3ccccc3cc21. The highest BCUT2D eigenvalue weighted by molar-refractivity contribution is 6.42. The summed E-state index contributed by atoms with van der Waals surface area (Å²) in [6, 6.07) is 22.3. The van der Waals surface area contributed by atoms with Gasteiger partial charge in [-0.05, 0) is 47.0 Å². The van der Waals surface area contributed by atoms with Crippen LogP contribution in [0.25, 0.3) is 28.1 Å².